The zero-order valence-corrected chi connectivity index (χ0v) is 13.0. The number of thiazole rings is 1. The molecular weight excluding hydrogens is 286 g/mol. The van der Waals surface area contributed by atoms with Gasteiger partial charge < -0.3 is 4.74 Å². The molecule has 0 bridgehead atoms. The van der Waals surface area contributed by atoms with Crippen LogP contribution in [0.3, 0.4) is 0 Å². The molecule has 0 fully saturated rings. The van der Waals surface area contributed by atoms with Gasteiger partial charge in [0.05, 0.1) is 23.5 Å². The van der Waals surface area contributed by atoms with Crippen molar-refractivity contribution >= 4 is 23.5 Å². The summed E-state index contributed by atoms with van der Waals surface area (Å²) in [6, 6.07) is 7.51. The van der Waals surface area contributed by atoms with Gasteiger partial charge in [-0.1, -0.05) is 12.1 Å². The highest BCUT2D eigenvalue weighted by Gasteiger charge is 2.12. The number of nitrogens with zero attached hydrogens (tertiary/aromatic N) is 2. The second-order valence-corrected chi connectivity index (χ2v) is 5.56. The lowest BCUT2D eigenvalue weighted by Crippen LogP contribution is -2.17. The number of aryl methyl sites for hydroxylation is 2. The quantitative estimate of drug-likeness (QED) is 0.682. The van der Waals surface area contributed by atoms with Gasteiger partial charge in [0.25, 0.3) is 5.91 Å². The predicted molar refractivity (Wildman–Crippen MR) is 84.3 cm³/mol. The molecular formula is C15H17N3O2S. The first-order chi connectivity index (χ1) is 10.1. The molecule has 2 rings (SSSR count). The normalized spacial score (nSPS) is 10.8. The van der Waals surface area contributed by atoms with Gasteiger partial charge in [-0.2, -0.15) is 5.10 Å². The lowest BCUT2D eigenvalue weighted by molar-refractivity contribution is 0.0958. The zero-order chi connectivity index (χ0) is 15.2. The molecule has 6 heteroatoms. The van der Waals surface area contributed by atoms with E-state index in [0.29, 0.717) is 11.5 Å². The Balaban J connectivity index is 2.00. The number of hydrogen-bond donors (Lipinski definition) is 1. The number of carbonyl (C=O) groups excluding carboxylic acids is 1. The Morgan fingerprint density at radius 1 is 1.48 bits per heavy atom. The molecule has 0 aliphatic heterocycles. The minimum Gasteiger partial charge on any atom is -0.494 e. The van der Waals surface area contributed by atoms with E-state index in [1.807, 2.05) is 45.0 Å². The Morgan fingerprint density at radius 3 is 2.95 bits per heavy atom. The van der Waals surface area contributed by atoms with Crippen LogP contribution in [-0.4, -0.2) is 23.7 Å². The van der Waals surface area contributed by atoms with E-state index in [9.17, 15) is 4.79 Å². The third-order valence-corrected chi connectivity index (χ3v) is 3.73. The van der Waals surface area contributed by atoms with Gasteiger partial charge in [0.2, 0.25) is 0 Å². The average molecular weight is 303 g/mol. The molecule has 110 valence electrons. The number of carbonyl (C=O) groups is 1. The van der Waals surface area contributed by atoms with Gasteiger partial charge >= 0.3 is 0 Å². The maximum Gasteiger partial charge on any atom is 0.283 e. The number of hydrazone groups is 1. The first-order valence-electron chi connectivity index (χ1n) is 6.60. The predicted octanol–water partition coefficient (Wildman–Crippen LogP) is 2.92. The van der Waals surface area contributed by atoms with Crippen LogP contribution in [0.25, 0.3) is 0 Å². The Hall–Kier alpha value is -2.21. The Labute approximate surface area is 127 Å². The summed E-state index contributed by atoms with van der Waals surface area (Å²) in [6.07, 6.45) is 1.59. The largest absolute Gasteiger partial charge is 0.494 e. The van der Waals surface area contributed by atoms with Gasteiger partial charge in [0.15, 0.2) is 0 Å². The van der Waals surface area contributed by atoms with Crippen molar-refractivity contribution in [2.45, 2.75) is 20.8 Å². The SMILES string of the molecule is CCOc1cccc(/C=N/NC(=O)c2sc(C)nc2C)c1. The van der Waals surface area contributed by atoms with E-state index >= 15 is 0 Å². The molecule has 5 nitrogen and oxygen atoms in total. The molecule has 1 amide bonds. The zero-order valence-electron chi connectivity index (χ0n) is 12.2. The summed E-state index contributed by atoms with van der Waals surface area (Å²) >= 11 is 1.36. The summed E-state index contributed by atoms with van der Waals surface area (Å²) in [7, 11) is 0. The van der Waals surface area contributed by atoms with Gasteiger partial charge in [-0.15, -0.1) is 11.3 Å². The van der Waals surface area contributed by atoms with E-state index in [2.05, 4.69) is 15.5 Å². The van der Waals surface area contributed by atoms with E-state index < -0.39 is 0 Å². The molecule has 0 radical (unpaired) electrons. The molecule has 21 heavy (non-hydrogen) atoms. The molecule has 1 heterocycles. The highest BCUT2D eigenvalue weighted by molar-refractivity contribution is 7.13. The highest BCUT2D eigenvalue weighted by atomic mass is 32.1. The fraction of sp³-hybridized carbons (Fsp3) is 0.267. The van der Waals surface area contributed by atoms with Crippen LogP contribution in [0.4, 0.5) is 0 Å². The first kappa shape index (κ1) is 15.2. The van der Waals surface area contributed by atoms with Crippen molar-refractivity contribution in [2.24, 2.45) is 5.10 Å². The van der Waals surface area contributed by atoms with E-state index in [4.69, 9.17) is 4.74 Å². The van der Waals surface area contributed by atoms with Crippen molar-refractivity contribution in [3.63, 3.8) is 0 Å². The molecule has 0 saturated heterocycles. The molecule has 0 aliphatic carbocycles. The smallest absolute Gasteiger partial charge is 0.283 e. The van der Waals surface area contributed by atoms with Gasteiger partial charge in [-0.05, 0) is 38.5 Å². The Bertz CT molecular complexity index is 665. The summed E-state index contributed by atoms with van der Waals surface area (Å²) in [5.74, 6) is 0.539. The van der Waals surface area contributed by atoms with Gasteiger partial charge in [-0.3, -0.25) is 4.79 Å². The number of aromatic nitrogens is 1. The summed E-state index contributed by atoms with van der Waals surface area (Å²) in [6.45, 7) is 6.23. The second kappa shape index (κ2) is 6.99. The van der Waals surface area contributed by atoms with Crippen molar-refractivity contribution in [3.8, 4) is 5.75 Å². The van der Waals surface area contributed by atoms with E-state index in [-0.39, 0.29) is 5.91 Å². The molecule has 1 aromatic carbocycles. The minimum absolute atomic E-state index is 0.240. The minimum atomic E-state index is -0.240. The molecule has 2 aromatic rings. The van der Waals surface area contributed by atoms with Crippen molar-refractivity contribution in [1.29, 1.82) is 0 Å². The standard InChI is InChI=1S/C15H17N3O2S/c1-4-20-13-7-5-6-12(8-13)9-16-18-15(19)14-10(2)17-11(3)21-14/h5-9H,4H2,1-3H3,(H,18,19)/b16-9+. The van der Waals surface area contributed by atoms with E-state index in [0.717, 1.165) is 22.0 Å². The van der Waals surface area contributed by atoms with Crippen LogP contribution in [0.1, 0.15) is 32.9 Å². The van der Waals surface area contributed by atoms with E-state index in [1.165, 1.54) is 11.3 Å². The molecule has 0 saturated carbocycles. The van der Waals surface area contributed by atoms with Gasteiger partial charge in [0, 0.05) is 0 Å². The third-order valence-electron chi connectivity index (χ3n) is 2.66. The number of ether oxygens (including phenoxy) is 1. The monoisotopic (exact) mass is 303 g/mol. The van der Waals surface area contributed by atoms with Crippen molar-refractivity contribution in [1.82, 2.24) is 10.4 Å². The molecule has 0 atom stereocenters. The maximum atomic E-state index is 12.0. The number of hydrogen-bond acceptors (Lipinski definition) is 5. The molecule has 0 unspecified atom stereocenters. The average Bonchev–Trinajstić information content (AvgIpc) is 2.78. The number of benzene rings is 1. The summed E-state index contributed by atoms with van der Waals surface area (Å²) in [5.41, 5.74) is 4.10. The molecule has 0 spiro atoms. The number of amides is 1. The highest BCUT2D eigenvalue weighted by Crippen LogP contribution is 2.16. The number of rotatable bonds is 5. The molecule has 1 aromatic heterocycles. The van der Waals surface area contributed by atoms with E-state index in [1.54, 1.807) is 6.21 Å². The van der Waals surface area contributed by atoms with Crippen LogP contribution >= 0.6 is 11.3 Å². The van der Waals surface area contributed by atoms with Crippen LogP contribution in [0, 0.1) is 13.8 Å². The van der Waals surface area contributed by atoms with Crippen molar-refractivity contribution < 1.29 is 9.53 Å². The van der Waals surface area contributed by atoms with Crippen LogP contribution in [-0.2, 0) is 0 Å². The maximum absolute atomic E-state index is 12.0. The van der Waals surface area contributed by atoms with Crippen LogP contribution in [0.5, 0.6) is 5.75 Å². The Kier molecular flexibility index (Phi) is 5.05. The lowest BCUT2D eigenvalue weighted by atomic mass is 10.2. The second-order valence-electron chi connectivity index (χ2n) is 4.35. The summed E-state index contributed by atoms with van der Waals surface area (Å²) in [5, 5.41) is 4.84. The fourth-order valence-corrected chi connectivity index (χ4v) is 2.62. The van der Waals surface area contributed by atoms with Crippen molar-refractivity contribution in [3.05, 3.63) is 45.4 Å². The fourth-order valence-electron chi connectivity index (χ4n) is 1.81. The number of nitrogens with one attached hydrogen (secondary N) is 1. The summed E-state index contributed by atoms with van der Waals surface area (Å²) in [4.78, 5) is 16.8. The van der Waals surface area contributed by atoms with Gasteiger partial charge in [0.1, 0.15) is 10.6 Å². The topological polar surface area (TPSA) is 63.6 Å². The van der Waals surface area contributed by atoms with Gasteiger partial charge in [-0.25, -0.2) is 10.4 Å². The van der Waals surface area contributed by atoms with Crippen LogP contribution in [0.2, 0.25) is 0 Å². The molecule has 1 N–H and O–H groups in total. The third kappa shape index (κ3) is 4.13. The lowest BCUT2D eigenvalue weighted by Gasteiger charge is -2.02. The summed E-state index contributed by atoms with van der Waals surface area (Å²) < 4.78 is 5.41. The molecule has 0 aliphatic rings. The van der Waals surface area contributed by atoms with Crippen molar-refractivity contribution in [2.75, 3.05) is 6.61 Å². The van der Waals surface area contributed by atoms with Crippen LogP contribution in [0.15, 0.2) is 29.4 Å². The first-order valence-corrected chi connectivity index (χ1v) is 7.42. The Morgan fingerprint density at radius 2 is 2.29 bits per heavy atom. The van der Waals surface area contributed by atoms with Crippen LogP contribution < -0.4 is 10.2 Å².